The van der Waals surface area contributed by atoms with Crippen molar-refractivity contribution in [1.82, 2.24) is 0 Å². The number of ether oxygens (including phenoxy) is 1. The molecule has 18 heavy (non-hydrogen) atoms. The highest BCUT2D eigenvalue weighted by Crippen LogP contribution is 2.34. The summed E-state index contributed by atoms with van der Waals surface area (Å²) >= 11 is 3.24. The highest BCUT2D eigenvalue weighted by molar-refractivity contribution is 9.10. The van der Waals surface area contributed by atoms with E-state index in [-0.39, 0.29) is 11.8 Å². The second-order valence-corrected chi connectivity index (χ2v) is 5.80. The molecule has 0 heterocycles. The maximum Gasteiger partial charge on any atom is 0.312 e. The van der Waals surface area contributed by atoms with E-state index in [4.69, 9.17) is 4.74 Å². The van der Waals surface area contributed by atoms with Gasteiger partial charge in [-0.2, -0.15) is 0 Å². The molecule has 0 spiro atoms. The highest BCUT2D eigenvalue weighted by Gasteiger charge is 2.23. The number of halogens is 1. The lowest BCUT2D eigenvalue weighted by Crippen LogP contribution is -2.24. The zero-order valence-corrected chi connectivity index (χ0v) is 11.9. The van der Waals surface area contributed by atoms with E-state index < -0.39 is 4.92 Å². The van der Waals surface area contributed by atoms with Crippen molar-refractivity contribution in [2.45, 2.75) is 38.7 Å². The lowest BCUT2D eigenvalue weighted by atomic mass is 9.89. The van der Waals surface area contributed by atoms with Crippen molar-refractivity contribution < 1.29 is 9.66 Å². The molecule has 2 unspecified atom stereocenters. The van der Waals surface area contributed by atoms with Crippen LogP contribution in [0.5, 0.6) is 5.75 Å². The fourth-order valence-electron chi connectivity index (χ4n) is 2.40. The van der Waals surface area contributed by atoms with Crippen LogP contribution in [0.4, 0.5) is 5.69 Å². The van der Waals surface area contributed by atoms with Crippen molar-refractivity contribution in [3.05, 3.63) is 32.8 Å². The van der Waals surface area contributed by atoms with Gasteiger partial charge in [0.25, 0.3) is 0 Å². The maximum atomic E-state index is 11.0. The minimum Gasteiger partial charge on any atom is -0.483 e. The number of nitro groups is 1. The normalized spacial score (nSPS) is 23.7. The van der Waals surface area contributed by atoms with Crippen molar-refractivity contribution in [3.63, 3.8) is 0 Å². The summed E-state index contributed by atoms with van der Waals surface area (Å²) in [6, 6.07) is 4.93. The van der Waals surface area contributed by atoms with Gasteiger partial charge >= 0.3 is 5.69 Å². The van der Waals surface area contributed by atoms with Crippen LogP contribution in [0.15, 0.2) is 22.7 Å². The molecule has 0 aromatic heterocycles. The Kier molecular flexibility index (Phi) is 4.22. The molecule has 1 aromatic rings. The molecule has 2 rings (SSSR count). The van der Waals surface area contributed by atoms with Gasteiger partial charge in [0.1, 0.15) is 0 Å². The molecule has 2 atom stereocenters. The van der Waals surface area contributed by atoms with Crippen LogP contribution in [0.3, 0.4) is 0 Å². The minimum absolute atomic E-state index is 0.0302. The first-order valence-electron chi connectivity index (χ1n) is 6.17. The Morgan fingerprint density at radius 2 is 2.22 bits per heavy atom. The summed E-state index contributed by atoms with van der Waals surface area (Å²) in [5.41, 5.74) is 0.0302. The van der Waals surface area contributed by atoms with Gasteiger partial charge in [-0.3, -0.25) is 10.1 Å². The summed E-state index contributed by atoms with van der Waals surface area (Å²) in [5, 5.41) is 11.0. The zero-order valence-electron chi connectivity index (χ0n) is 10.3. The summed E-state index contributed by atoms with van der Waals surface area (Å²) in [6.45, 7) is 2.20. The molecular formula is C13H16BrNO3. The Labute approximate surface area is 115 Å². The molecule has 98 valence electrons. The number of benzene rings is 1. The number of rotatable bonds is 3. The van der Waals surface area contributed by atoms with Gasteiger partial charge in [-0.15, -0.1) is 0 Å². The van der Waals surface area contributed by atoms with Crippen LogP contribution in [0.2, 0.25) is 0 Å². The number of hydrogen-bond acceptors (Lipinski definition) is 3. The van der Waals surface area contributed by atoms with Crippen LogP contribution in [0.1, 0.15) is 32.6 Å². The molecule has 1 saturated carbocycles. The monoisotopic (exact) mass is 313 g/mol. The lowest BCUT2D eigenvalue weighted by molar-refractivity contribution is -0.386. The van der Waals surface area contributed by atoms with Crippen molar-refractivity contribution in [1.29, 1.82) is 0 Å². The van der Waals surface area contributed by atoms with Gasteiger partial charge in [0, 0.05) is 10.5 Å². The third-order valence-electron chi connectivity index (χ3n) is 3.30. The Balaban J connectivity index is 2.15. The van der Waals surface area contributed by atoms with E-state index in [1.54, 1.807) is 12.1 Å². The average molecular weight is 314 g/mol. The first-order chi connectivity index (χ1) is 8.56. The first-order valence-corrected chi connectivity index (χ1v) is 6.96. The third-order valence-corrected chi connectivity index (χ3v) is 3.79. The largest absolute Gasteiger partial charge is 0.483 e. The van der Waals surface area contributed by atoms with Crippen molar-refractivity contribution >= 4 is 21.6 Å². The molecule has 1 aliphatic carbocycles. The van der Waals surface area contributed by atoms with Crippen molar-refractivity contribution in [2.75, 3.05) is 0 Å². The van der Waals surface area contributed by atoms with Gasteiger partial charge in [-0.25, -0.2) is 0 Å². The summed E-state index contributed by atoms with van der Waals surface area (Å²) in [6.07, 6.45) is 4.43. The van der Waals surface area contributed by atoms with Crippen molar-refractivity contribution in [3.8, 4) is 5.75 Å². The fourth-order valence-corrected chi connectivity index (χ4v) is 2.75. The van der Waals surface area contributed by atoms with Gasteiger partial charge in [-0.1, -0.05) is 29.3 Å². The van der Waals surface area contributed by atoms with Crippen LogP contribution in [-0.4, -0.2) is 11.0 Å². The van der Waals surface area contributed by atoms with Crippen LogP contribution in [0, 0.1) is 16.0 Å². The third kappa shape index (κ3) is 3.22. The molecule has 5 heteroatoms. The molecule has 0 saturated heterocycles. The molecule has 0 radical (unpaired) electrons. The van der Waals surface area contributed by atoms with E-state index in [0.717, 1.165) is 19.3 Å². The van der Waals surface area contributed by atoms with Crippen LogP contribution < -0.4 is 4.74 Å². The van der Waals surface area contributed by atoms with Gasteiger partial charge in [0.05, 0.1) is 11.0 Å². The van der Waals surface area contributed by atoms with Gasteiger partial charge in [0.15, 0.2) is 5.75 Å². The van der Waals surface area contributed by atoms with Crippen molar-refractivity contribution in [2.24, 2.45) is 5.92 Å². The Bertz CT molecular complexity index is 450. The molecule has 0 bridgehead atoms. The van der Waals surface area contributed by atoms with E-state index in [9.17, 15) is 10.1 Å². The zero-order chi connectivity index (χ0) is 13.1. The Morgan fingerprint density at radius 1 is 1.44 bits per heavy atom. The average Bonchev–Trinajstić information content (AvgIpc) is 2.31. The summed E-state index contributed by atoms with van der Waals surface area (Å²) in [4.78, 5) is 10.6. The maximum absolute atomic E-state index is 11.0. The van der Waals surface area contributed by atoms with Crippen LogP contribution in [-0.2, 0) is 0 Å². The first kappa shape index (κ1) is 13.3. The quantitative estimate of drug-likeness (QED) is 0.617. The molecule has 1 aliphatic rings. The fraction of sp³-hybridized carbons (Fsp3) is 0.538. The number of hydrogen-bond donors (Lipinski definition) is 0. The SMILES string of the molecule is CC1CCCC(Oc2ccc(Br)cc2[N+](=O)[O-])C1. The second kappa shape index (κ2) is 5.69. The minimum atomic E-state index is -0.396. The predicted molar refractivity (Wildman–Crippen MR) is 72.8 cm³/mol. The summed E-state index contributed by atoms with van der Waals surface area (Å²) < 4.78 is 6.50. The van der Waals surface area contributed by atoms with Gasteiger partial charge < -0.3 is 4.74 Å². The topological polar surface area (TPSA) is 52.4 Å². The van der Waals surface area contributed by atoms with E-state index in [1.807, 2.05) is 0 Å². The predicted octanol–water partition coefficient (Wildman–Crippen LogP) is 4.31. The lowest BCUT2D eigenvalue weighted by Gasteiger charge is -2.27. The molecule has 0 N–H and O–H groups in total. The molecule has 0 aliphatic heterocycles. The van der Waals surface area contributed by atoms with Crippen LogP contribution >= 0.6 is 15.9 Å². The molecule has 1 fully saturated rings. The number of nitrogens with zero attached hydrogens (tertiary/aromatic N) is 1. The Morgan fingerprint density at radius 3 is 2.89 bits per heavy atom. The Hall–Kier alpha value is -1.10. The summed E-state index contributed by atoms with van der Waals surface area (Å²) in [7, 11) is 0. The summed E-state index contributed by atoms with van der Waals surface area (Å²) in [5.74, 6) is 1.01. The highest BCUT2D eigenvalue weighted by atomic mass is 79.9. The standard InChI is InChI=1S/C13H16BrNO3/c1-9-3-2-4-11(7-9)18-13-6-5-10(14)8-12(13)15(16)17/h5-6,8-9,11H,2-4,7H2,1H3. The smallest absolute Gasteiger partial charge is 0.312 e. The van der Waals surface area contributed by atoms with E-state index in [1.165, 1.54) is 12.5 Å². The second-order valence-electron chi connectivity index (χ2n) is 4.88. The van der Waals surface area contributed by atoms with E-state index >= 15 is 0 Å². The molecule has 0 amide bonds. The van der Waals surface area contributed by atoms with Gasteiger partial charge in [-0.05, 0) is 37.3 Å². The molecular weight excluding hydrogens is 298 g/mol. The number of nitro benzene ring substituents is 1. The van der Waals surface area contributed by atoms with E-state index in [2.05, 4.69) is 22.9 Å². The van der Waals surface area contributed by atoms with E-state index in [0.29, 0.717) is 16.1 Å². The molecule has 1 aromatic carbocycles. The van der Waals surface area contributed by atoms with Crippen LogP contribution in [0.25, 0.3) is 0 Å². The molecule has 4 nitrogen and oxygen atoms in total. The van der Waals surface area contributed by atoms with Gasteiger partial charge in [0.2, 0.25) is 0 Å².